The SMILES string of the molecule is O=C(NC(=O)c1c(Cl)n(-c2ccccc2)c2ccccc12)Nc1ccc(Cl)cc1. The van der Waals surface area contributed by atoms with Crippen molar-refractivity contribution >= 4 is 51.7 Å². The predicted molar refractivity (Wildman–Crippen MR) is 116 cm³/mol. The number of aromatic nitrogens is 1. The van der Waals surface area contributed by atoms with Gasteiger partial charge in [-0.15, -0.1) is 0 Å². The number of hydrogen-bond acceptors (Lipinski definition) is 2. The maximum Gasteiger partial charge on any atom is 0.326 e. The molecule has 0 spiro atoms. The number of urea groups is 1. The number of amides is 3. The van der Waals surface area contributed by atoms with Gasteiger partial charge in [-0.05, 0) is 42.5 Å². The zero-order valence-electron chi connectivity index (χ0n) is 15.0. The number of rotatable bonds is 3. The first-order chi connectivity index (χ1) is 14.0. The van der Waals surface area contributed by atoms with Crippen molar-refractivity contribution in [2.24, 2.45) is 0 Å². The van der Waals surface area contributed by atoms with E-state index in [-0.39, 0.29) is 10.7 Å². The molecule has 4 aromatic rings. The number of fused-ring (bicyclic) bond motifs is 1. The third kappa shape index (κ3) is 3.83. The Morgan fingerprint density at radius 1 is 0.793 bits per heavy atom. The molecule has 0 fully saturated rings. The van der Waals surface area contributed by atoms with Crippen molar-refractivity contribution in [3.63, 3.8) is 0 Å². The highest BCUT2D eigenvalue weighted by Crippen LogP contribution is 2.33. The number of carbonyl (C=O) groups excluding carboxylic acids is 2. The molecule has 5 nitrogen and oxygen atoms in total. The third-order valence-electron chi connectivity index (χ3n) is 4.39. The van der Waals surface area contributed by atoms with Crippen molar-refractivity contribution < 1.29 is 9.59 Å². The summed E-state index contributed by atoms with van der Waals surface area (Å²) in [5.74, 6) is -0.590. The van der Waals surface area contributed by atoms with Crippen LogP contribution in [-0.2, 0) is 0 Å². The number of halogens is 2. The minimum Gasteiger partial charge on any atom is -0.308 e. The van der Waals surface area contributed by atoms with E-state index in [1.54, 1.807) is 34.9 Å². The number of para-hydroxylation sites is 2. The summed E-state index contributed by atoms with van der Waals surface area (Å²) in [5, 5.41) is 6.36. The monoisotopic (exact) mass is 423 g/mol. The summed E-state index contributed by atoms with van der Waals surface area (Å²) in [5.41, 5.74) is 2.33. The van der Waals surface area contributed by atoms with E-state index in [2.05, 4.69) is 10.6 Å². The van der Waals surface area contributed by atoms with Crippen LogP contribution in [0.3, 0.4) is 0 Å². The second-order valence-electron chi connectivity index (χ2n) is 6.27. The average molecular weight is 424 g/mol. The Hall–Kier alpha value is -3.28. The third-order valence-corrected chi connectivity index (χ3v) is 5.00. The van der Waals surface area contributed by atoms with Gasteiger partial charge in [0.05, 0.1) is 11.1 Å². The van der Waals surface area contributed by atoms with Crippen molar-refractivity contribution in [2.45, 2.75) is 0 Å². The summed E-state index contributed by atoms with van der Waals surface area (Å²) in [6, 6.07) is 22.7. The highest BCUT2D eigenvalue weighted by atomic mass is 35.5. The fraction of sp³-hybridized carbons (Fsp3) is 0. The Morgan fingerprint density at radius 2 is 1.45 bits per heavy atom. The normalized spacial score (nSPS) is 10.7. The molecule has 0 aliphatic rings. The number of hydrogen-bond donors (Lipinski definition) is 2. The first-order valence-corrected chi connectivity index (χ1v) is 9.52. The van der Waals surface area contributed by atoms with Crippen LogP contribution in [0, 0.1) is 0 Å². The van der Waals surface area contributed by atoms with Gasteiger partial charge < -0.3 is 5.32 Å². The summed E-state index contributed by atoms with van der Waals surface area (Å²) in [6.45, 7) is 0. The lowest BCUT2D eigenvalue weighted by Gasteiger charge is -2.08. The molecule has 0 radical (unpaired) electrons. The Labute approximate surface area is 176 Å². The van der Waals surface area contributed by atoms with Crippen LogP contribution in [0.4, 0.5) is 10.5 Å². The molecule has 4 rings (SSSR count). The second-order valence-corrected chi connectivity index (χ2v) is 7.06. The molecule has 0 saturated heterocycles. The van der Waals surface area contributed by atoms with Crippen molar-refractivity contribution in [3.05, 3.63) is 94.6 Å². The summed E-state index contributed by atoms with van der Waals surface area (Å²) >= 11 is 12.4. The molecule has 3 aromatic carbocycles. The second kappa shape index (κ2) is 7.99. The Kier molecular flexibility index (Phi) is 5.25. The van der Waals surface area contributed by atoms with Gasteiger partial charge in [0.15, 0.2) is 0 Å². The van der Waals surface area contributed by atoms with E-state index in [0.29, 0.717) is 16.1 Å². The van der Waals surface area contributed by atoms with Gasteiger partial charge in [0, 0.05) is 21.8 Å². The van der Waals surface area contributed by atoms with Gasteiger partial charge in [0.25, 0.3) is 5.91 Å². The lowest BCUT2D eigenvalue weighted by atomic mass is 10.1. The smallest absolute Gasteiger partial charge is 0.308 e. The van der Waals surface area contributed by atoms with Crippen molar-refractivity contribution in [1.29, 1.82) is 0 Å². The molecule has 0 aliphatic carbocycles. The number of imide groups is 1. The molecule has 144 valence electrons. The van der Waals surface area contributed by atoms with Crippen LogP contribution in [-0.4, -0.2) is 16.5 Å². The summed E-state index contributed by atoms with van der Waals surface area (Å²) < 4.78 is 1.78. The maximum atomic E-state index is 12.9. The molecular weight excluding hydrogens is 409 g/mol. The number of carbonyl (C=O) groups is 2. The van der Waals surface area contributed by atoms with E-state index in [1.165, 1.54) is 0 Å². The molecule has 3 amide bonds. The Balaban J connectivity index is 1.67. The maximum absolute atomic E-state index is 12.9. The number of nitrogens with one attached hydrogen (secondary N) is 2. The first-order valence-electron chi connectivity index (χ1n) is 8.77. The Morgan fingerprint density at radius 3 is 2.17 bits per heavy atom. The van der Waals surface area contributed by atoms with E-state index >= 15 is 0 Å². The molecule has 2 N–H and O–H groups in total. The van der Waals surface area contributed by atoms with Crippen LogP contribution in [0.1, 0.15) is 10.4 Å². The highest BCUT2D eigenvalue weighted by Gasteiger charge is 2.23. The fourth-order valence-corrected chi connectivity index (χ4v) is 3.62. The van der Waals surface area contributed by atoms with Crippen LogP contribution >= 0.6 is 23.2 Å². The van der Waals surface area contributed by atoms with Crippen LogP contribution in [0.15, 0.2) is 78.9 Å². The topological polar surface area (TPSA) is 63.1 Å². The lowest BCUT2D eigenvalue weighted by molar-refractivity contribution is 0.0969. The van der Waals surface area contributed by atoms with Crippen LogP contribution in [0.2, 0.25) is 10.2 Å². The van der Waals surface area contributed by atoms with Crippen LogP contribution in [0.5, 0.6) is 0 Å². The van der Waals surface area contributed by atoms with E-state index < -0.39 is 11.9 Å². The van der Waals surface area contributed by atoms with Crippen LogP contribution in [0.25, 0.3) is 16.6 Å². The fourth-order valence-electron chi connectivity index (χ4n) is 3.12. The Bertz CT molecular complexity index is 1200. The molecule has 0 aliphatic heterocycles. The molecule has 1 heterocycles. The van der Waals surface area contributed by atoms with E-state index in [1.807, 2.05) is 48.5 Å². The molecule has 0 saturated carbocycles. The van der Waals surface area contributed by atoms with Gasteiger partial charge in [-0.3, -0.25) is 14.7 Å². The minimum atomic E-state index is -0.662. The van der Waals surface area contributed by atoms with Gasteiger partial charge in [-0.1, -0.05) is 59.6 Å². The zero-order valence-corrected chi connectivity index (χ0v) is 16.5. The summed E-state index contributed by atoms with van der Waals surface area (Å²) in [4.78, 5) is 25.2. The van der Waals surface area contributed by atoms with Crippen LogP contribution < -0.4 is 10.6 Å². The molecule has 0 bridgehead atoms. The van der Waals surface area contributed by atoms with Gasteiger partial charge in [-0.2, -0.15) is 0 Å². The summed E-state index contributed by atoms with van der Waals surface area (Å²) in [7, 11) is 0. The number of nitrogens with zero attached hydrogens (tertiary/aromatic N) is 1. The minimum absolute atomic E-state index is 0.231. The standard InChI is InChI=1S/C22H15Cl2N3O2/c23-14-10-12-15(13-11-14)25-22(29)26-21(28)19-17-8-4-5-9-18(17)27(20(19)24)16-6-2-1-3-7-16/h1-13H,(H2,25,26,28,29). The van der Waals surface area contributed by atoms with Gasteiger partial charge in [0.2, 0.25) is 0 Å². The molecule has 7 heteroatoms. The molecule has 0 atom stereocenters. The largest absolute Gasteiger partial charge is 0.326 e. The van der Waals surface area contributed by atoms with E-state index in [4.69, 9.17) is 23.2 Å². The average Bonchev–Trinajstić information content (AvgIpc) is 3.02. The van der Waals surface area contributed by atoms with Crippen molar-refractivity contribution in [2.75, 3.05) is 5.32 Å². The molecule has 0 unspecified atom stereocenters. The molecular formula is C22H15Cl2N3O2. The highest BCUT2D eigenvalue weighted by molar-refractivity contribution is 6.36. The van der Waals surface area contributed by atoms with Gasteiger partial charge in [-0.25, -0.2) is 4.79 Å². The van der Waals surface area contributed by atoms with Crippen molar-refractivity contribution in [3.8, 4) is 5.69 Å². The number of benzene rings is 3. The lowest BCUT2D eigenvalue weighted by Crippen LogP contribution is -2.34. The zero-order chi connectivity index (χ0) is 20.4. The summed E-state index contributed by atoms with van der Waals surface area (Å²) in [6.07, 6.45) is 0. The predicted octanol–water partition coefficient (Wildman–Crippen LogP) is 5.90. The van der Waals surface area contributed by atoms with E-state index in [9.17, 15) is 9.59 Å². The first kappa shape index (κ1) is 19.1. The molecule has 1 aromatic heterocycles. The van der Waals surface area contributed by atoms with Gasteiger partial charge >= 0.3 is 6.03 Å². The number of anilines is 1. The molecule has 29 heavy (non-hydrogen) atoms. The van der Waals surface area contributed by atoms with Crippen molar-refractivity contribution in [1.82, 2.24) is 9.88 Å². The van der Waals surface area contributed by atoms with Gasteiger partial charge in [0.1, 0.15) is 5.15 Å². The quantitative estimate of drug-likeness (QED) is 0.430. The van der Waals surface area contributed by atoms with E-state index in [0.717, 1.165) is 11.2 Å².